The van der Waals surface area contributed by atoms with Crippen LogP contribution in [0.4, 0.5) is 5.69 Å². The molecule has 0 saturated heterocycles. The fraction of sp³-hybridized carbons (Fsp3) is 0.278. The number of anilines is 1. The van der Waals surface area contributed by atoms with Gasteiger partial charge < -0.3 is 25.0 Å². The number of nitrogens with zero attached hydrogens (tertiary/aromatic N) is 1. The Morgan fingerprint density at radius 1 is 1.35 bits per heavy atom. The average Bonchev–Trinajstić information content (AvgIpc) is 2.91. The molecule has 3 rings (SSSR count). The number of H-pyrrole nitrogens is 1. The number of amides is 1. The van der Waals surface area contributed by atoms with Gasteiger partial charge in [-0.1, -0.05) is 0 Å². The van der Waals surface area contributed by atoms with Crippen LogP contribution in [0.5, 0.6) is 0 Å². The first-order valence-electron chi connectivity index (χ1n) is 8.07. The standard InChI is InChI=1S/C18H19N3O5/c1-10-7-15(23)12-8-11(3-4-14(12)19-10)20-16-13(18(25)26-2)9-21(5-6-22)17(16)24/h3-4,7-8,20,22H,5-6,9H2,1-2H3,(H,19,23). The number of fused-ring (bicyclic) bond motifs is 1. The molecule has 0 saturated carbocycles. The van der Waals surface area contributed by atoms with E-state index in [-0.39, 0.29) is 36.4 Å². The highest BCUT2D eigenvalue weighted by molar-refractivity contribution is 6.08. The van der Waals surface area contributed by atoms with E-state index in [0.29, 0.717) is 16.6 Å². The monoisotopic (exact) mass is 357 g/mol. The summed E-state index contributed by atoms with van der Waals surface area (Å²) in [6.07, 6.45) is 0. The molecule has 8 heteroatoms. The van der Waals surface area contributed by atoms with Crippen LogP contribution in [0.25, 0.3) is 10.9 Å². The summed E-state index contributed by atoms with van der Waals surface area (Å²) in [6.45, 7) is 1.76. The third-order valence-corrected chi connectivity index (χ3v) is 4.19. The number of pyridine rings is 1. The molecule has 136 valence electrons. The fourth-order valence-electron chi connectivity index (χ4n) is 2.95. The van der Waals surface area contributed by atoms with Gasteiger partial charge in [-0.05, 0) is 25.1 Å². The Balaban J connectivity index is 1.99. The third-order valence-electron chi connectivity index (χ3n) is 4.19. The number of methoxy groups -OCH3 is 1. The van der Waals surface area contributed by atoms with Gasteiger partial charge in [0, 0.05) is 34.9 Å². The maximum Gasteiger partial charge on any atom is 0.337 e. The zero-order valence-electron chi connectivity index (χ0n) is 14.5. The SMILES string of the molecule is COC(=O)C1=C(Nc2ccc3[nH]c(C)cc(=O)c3c2)C(=O)N(CCO)C1. The summed E-state index contributed by atoms with van der Waals surface area (Å²) in [4.78, 5) is 41.2. The summed E-state index contributed by atoms with van der Waals surface area (Å²) in [7, 11) is 1.24. The Morgan fingerprint density at radius 2 is 2.12 bits per heavy atom. The van der Waals surface area contributed by atoms with Gasteiger partial charge in [-0.15, -0.1) is 0 Å². The van der Waals surface area contributed by atoms with Crippen molar-refractivity contribution in [3.8, 4) is 0 Å². The quantitative estimate of drug-likeness (QED) is 0.672. The van der Waals surface area contributed by atoms with E-state index in [4.69, 9.17) is 9.84 Å². The van der Waals surface area contributed by atoms with Crippen molar-refractivity contribution in [2.24, 2.45) is 0 Å². The van der Waals surface area contributed by atoms with Crippen LogP contribution in [0.2, 0.25) is 0 Å². The number of carbonyl (C=O) groups is 2. The van der Waals surface area contributed by atoms with E-state index < -0.39 is 11.9 Å². The Hall–Kier alpha value is -3.13. The lowest BCUT2D eigenvalue weighted by atomic mass is 10.1. The molecule has 0 radical (unpaired) electrons. The molecule has 0 aliphatic carbocycles. The number of β-amino-alcohol motifs (C(OH)–C–C–N with tert-alkyl or cyclic N) is 1. The number of rotatable bonds is 5. The highest BCUT2D eigenvalue weighted by atomic mass is 16.5. The predicted octanol–water partition coefficient (Wildman–Crippen LogP) is 0.510. The van der Waals surface area contributed by atoms with Crippen molar-refractivity contribution in [2.45, 2.75) is 6.92 Å². The van der Waals surface area contributed by atoms with Gasteiger partial charge >= 0.3 is 5.97 Å². The van der Waals surface area contributed by atoms with Crippen LogP contribution in [0.1, 0.15) is 5.69 Å². The summed E-state index contributed by atoms with van der Waals surface area (Å²) in [5, 5.41) is 12.5. The first-order chi connectivity index (χ1) is 12.4. The van der Waals surface area contributed by atoms with E-state index in [1.807, 2.05) is 0 Å². The second-order valence-corrected chi connectivity index (χ2v) is 6.00. The number of nitrogens with one attached hydrogen (secondary N) is 2. The number of aliphatic hydroxyl groups excluding tert-OH is 1. The van der Waals surface area contributed by atoms with Crippen molar-refractivity contribution in [2.75, 3.05) is 32.1 Å². The Morgan fingerprint density at radius 3 is 2.81 bits per heavy atom. The molecule has 2 heterocycles. The molecule has 1 aromatic carbocycles. The van der Waals surface area contributed by atoms with Crippen LogP contribution in [-0.4, -0.2) is 53.7 Å². The normalized spacial score (nSPS) is 14.3. The second-order valence-electron chi connectivity index (χ2n) is 6.00. The van der Waals surface area contributed by atoms with Gasteiger partial charge in [0.1, 0.15) is 5.70 Å². The van der Waals surface area contributed by atoms with E-state index in [1.165, 1.54) is 18.1 Å². The van der Waals surface area contributed by atoms with Gasteiger partial charge in [-0.2, -0.15) is 0 Å². The lowest BCUT2D eigenvalue weighted by Crippen LogP contribution is -2.31. The number of esters is 1. The number of ether oxygens (including phenoxy) is 1. The first kappa shape index (κ1) is 17.7. The van der Waals surface area contributed by atoms with Crippen LogP contribution in [0.15, 0.2) is 40.3 Å². The van der Waals surface area contributed by atoms with E-state index in [9.17, 15) is 14.4 Å². The average molecular weight is 357 g/mol. The number of hydrogen-bond acceptors (Lipinski definition) is 6. The molecule has 0 unspecified atom stereocenters. The van der Waals surface area contributed by atoms with Crippen molar-refractivity contribution >= 4 is 28.5 Å². The van der Waals surface area contributed by atoms with Crippen molar-refractivity contribution in [3.05, 3.63) is 51.5 Å². The summed E-state index contributed by atoms with van der Waals surface area (Å²) >= 11 is 0. The van der Waals surface area contributed by atoms with Crippen LogP contribution in [0, 0.1) is 6.92 Å². The molecule has 0 bridgehead atoms. The molecule has 1 aliphatic rings. The molecular formula is C18H19N3O5. The summed E-state index contributed by atoms with van der Waals surface area (Å²) < 4.78 is 4.75. The smallest absolute Gasteiger partial charge is 0.337 e. The van der Waals surface area contributed by atoms with Gasteiger partial charge in [0.15, 0.2) is 5.43 Å². The maximum absolute atomic E-state index is 12.5. The summed E-state index contributed by atoms with van der Waals surface area (Å²) in [6, 6.07) is 6.56. The van der Waals surface area contributed by atoms with Gasteiger partial charge in [0.25, 0.3) is 5.91 Å². The van der Waals surface area contributed by atoms with Crippen LogP contribution in [0.3, 0.4) is 0 Å². The van der Waals surface area contributed by atoms with Gasteiger partial charge in [0.2, 0.25) is 0 Å². The zero-order valence-corrected chi connectivity index (χ0v) is 14.5. The second kappa shape index (κ2) is 7.01. The van der Waals surface area contributed by atoms with E-state index >= 15 is 0 Å². The van der Waals surface area contributed by atoms with Gasteiger partial charge in [-0.25, -0.2) is 4.79 Å². The molecule has 26 heavy (non-hydrogen) atoms. The van der Waals surface area contributed by atoms with Crippen molar-refractivity contribution in [3.63, 3.8) is 0 Å². The molecule has 0 spiro atoms. The number of aliphatic hydroxyl groups is 1. The summed E-state index contributed by atoms with van der Waals surface area (Å²) in [5.41, 5.74) is 2.08. The highest BCUT2D eigenvalue weighted by Crippen LogP contribution is 2.24. The summed E-state index contributed by atoms with van der Waals surface area (Å²) in [5.74, 6) is -1.02. The number of carbonyl (C=O) groups excluding carboxylic acids is 2. The first-order valence-corrected chi connectivity index (χ1v) is 8.07. The van der Waals surface area contributed by atoms with Crippen LogP contribution < -0.4 is 10.7 Å². The molecule has 3 N–H and O–H groups in total. The van der Waals surface area contributed by atoms with Crippen LogP contribution >= 0.6 is 0 Å². The molecule has 0 fully saturated rings. The number of aromatic nitrogens is 1. The van der Waals surface area contributed by atoms with Crippen molar-refractivity contribution in [1.82, 2.24) is 9.88 Å². The zero-order chi connectivity index (χ0) is 18.8. The highest BCUT2D eigenvalue weighted by Gasteiger charge is 2.34. The predicted molar refractivity (Wildman–Crippen MR) is 95.6 cm³/mol. The van der Waals surface area contributed by atoms with Gasteiger partial charge in [0.05, 0.1) is 25.8 Å². The minimum absolute atomic E-state index is 0.0573. The molecule has 2 aromatic rings. The molecule has 1 aromatic heterocycles. The molecule has 1 amide bonds. The Labute approximate surface area is 149 Å². The molecule has 1 aliphatic heterocycles. The maximum atomic E-state index is 12.5. The van der Waals surface area contributed by atoms with Gasteiger partial charge in [-0.3, -0.25) is 9.59 Å². The number of hydrogen-bond donors (Lipinski definition) is 3. The third kappa shape index (κ3) is 3.18. The van der Waals surface area contributed by atoms with Crippen LogP contribution in [-0.2, 0) is 14.3 Å². The largest absolute Gasteiger partial charge is 0.466 e. The van der Waals surface area contributed by atoms with E-state index in [1.54, 1.807) is 25.1 Å². The van der Waals surface area contributed by atoms with E-state index in [0.717, 1.165) is 5.69 Å². The topological polar surface area (TPSA) is 112 Å². The van der Waals surface area contributed by atoms with Crippen molar-refractivity contribution < 1.29 is 19.4 Å². The minimum atomic E-state index is -0.615. The Bertz CT molecular complexity index is 976. The fourth-order valence-corrected chi connectivity index (χ4v) is 2.95. The van der Waals surface area contributed by atoms with E-state index in [2.05, 4.69) is 10.3 Å². The molecule has 0 atom stereocenters. The lowest BCUT2D eigenvalue weighted by Gasteiger charge is -2.15. The lowest BCUT2D eigenvalue weighted by molar-refractivity contribution is -0.136. The molecular weight excluding hydrogens is 338 g/mol. The minimum Gasteiger partial charge on any atom is -0.466 e. The number of aromatic amines is 1. The number of aryl methyl sites for hydroxylation is 1. The Kier molecular flexibility index (Phi) is 4.77. The number of benzene rings is 1. The molecule has 8 nitrogen and oxygen atoms in total. The van der Waals surface area contributed by atoms with Crippen molar-refractivity contribution in [1.29, 1.82) is 0 Å².